The maximum absolute atomic E-state index is 12.4. The second-order valence-corrected chi connectivity index (χ2v) is 9.40. The van der Waals surface area contributed by atoms with E-state index in [0.717, 1.165) is 30.6 Å². The fraction of sp³-hybridized carbons (Fsp3) is 0.655. The lowest BCUT2D eigenvalue weighted by molar-refractivity contribution is -0.141. The summed E-state index contributed by atoms with van der Waals surface area (Å²) in [6, 6.07) is 7.62. The monoisotopic (exact) mass is 487 g/mol. The summed E-state index contributed by atoms with van der Waals surface area (Å²) in [5.74, 6) is -0.0991. The molecule has 0 bridgehead atoms. The number of ether oxygens (including phenoxy) is 2. The van der Waals surface area contributed by atoms with Gasteiger partial charge in [-0.1, -0.05) is 102 Å². The minimum Gasteiger partial charge on any atom is -0.507 e. The fourth-order valence-corrected chi connectivity index (χ4v) is 4.51. The van der Waals surface area contributed by atoms with Crippen molar-refractivity contribution in [1.29, 1.82) is 0 Å². The maximum atomic E-state index is 12.4. The van der Waals surface area contributed by atoms with E-state index in [-0.39, 0.29) is 11.3 Å². The van der Waals surface area contributed by atoms with Crippen molar-refractivity contribution in [3.05, 3.63) is 41.2 Å². The number of cyclic esters (lactones) is 1. The normalized spacial score (nSPS) is 16.1. The van der Waals surface area contributed by atoms with Gasteiger partial charge in [-0.15, -0.1) is 0 Å². The molecule has 1 aromatic carbocycles. The van der Waals surface area contributed by atoms with Crippen molar-refractivity contribution in [3.8, 4) is 5.75 Å². The minimum absolute atomic E-state index is 0.109. The molecule has 1 heterocycles. The number of rotatable bonds is 19. The van der Waals surface area contributed by atoms with Crippen molar-refractivity contribution in [1.82, 2.24) is 0 Å². The molecule has 196 valence electrons. The Bertz CT molecular complexity index is 817. The first kappa shape index (κ1) is 28.9. The topological polar surface area (TPSA) is 88.3 Å². The minimum atomic E-state index is -0.999. The number of hydrogen-bond acceptors (Lipinski definition) is 6. The van der Waals surface area contributed by atoms with Gasteiger partial charge in [-0.2, -0.15) is 0 Å². The molecule has 0 aromatic heterocycles. The molecule has 2 N–H and O–H groups in total. The summed E-state index contributed by atoms with van der Waals surface area (Å²) in [6.07, 6.45) is 16.0. The molecule has 0 saturated heterocycles. The van der Waals surface area contributed by atoms with Gasteiger partial charge in [0.15, 0.2) is 11.9 Å². The molecule has 0 spiro atoms. The van der Waals surface area contributed by atoms with Crippen LogP contribution >= 0.6 is 0 Å². The van der Waals surface area contributed by atoms with Gasteiger partial charge >= 0.3 is 5.97 Å². The molecule has 6 heteroatoms. The van der Waals surface area contributed by atoms with E-state index in [4.69, 9.17) is 9.47 Å². The summed E-state index contributed by atoms with van der Waals surface area (Å²) in [7, 11) is 1.62. The largest absolute Gasteiger partial charge is 0.507 e. The van der Waals surface area contributed by atoms with Crippen LogP contribution in [0.1, 0.15) is 102 Å². The van der Waals surface area contributed by atoms with Gasteiger partial charge in [-0.25, -0.2) is 4.79 Å². The predicted molar refractivity (Wildman–Crippen MR) is 141 cm³/mol. The Balaban J connectivity index is 1.81. The first-order chi connectivity index (χ1) is 17.1. The molecule has 0 amide bonds. The summed E-state index contributed by atoms with van der Waals surface area (Å²) < 4.78 is 10.5. The van der Waals surface area contributed by atoms with Crippen LogP contribution in [0.5, 0.6) is 5.75 Å². The molecule has 0 aliphatic carbocycles. The van der Waals surface area contributed by atoms with Crippen LogP contribution in [-0.2, 0) is 16.1 Å². The van der Waals surface area contributed by atoms with Gasteiger partial charge < -0.3 is 19.7 Å². The van der Waals surface area contributed by atoms with Crippen molar-refractivity contribution in [2.45, 2.75) is 109 Å². The molecule has 1 aromatic rings. The quantitative estimate of drug-likeness (QED) is 0.127. The third kappa shape index (κ3) is 10.0. The molecule has 1 aliphatic rings. The zero-order valence-corrected chi connectivity index (χ0v) is 21.8. The summed E-state index contributed by atoms with van der Waals surface area (Å²) >= 11 is 0. The number of aliphatic imine (C=N–C) groups is 1. The Morgan fingerprint density at radius 1 is 0.943 bits per heavy atom. The Kier molecular flexibility index (Phi) is 14.2. The highest BCUT2D eigenvalue weighted by Gasteiger charge is 2.36. The lowest BCUT2D eigenvalue weighted by Crippen LogP contribution is -2.15. The van der Waals surface area contributed by atoms with E-state index in [0.29, 0.717) is 18.7 Å². The maximum Gasteiger partial charge on any atom is 0.344 e. The molecule has 1 atom stereocenters. The zero-order valence-electron chi connectivity index (χ0n) is 21.8. The van der Waals surface area contributed by atoms with Crippen LogP contribution in [-0.4, -0.2) is 41.7 Å². The standard InChI is InChI=1S/C29H45NO5/c1-3-4-5-6-7-8-9-10-11-12-13-14-15-19-24(27-28(32)26(22-31)35-29(27)33)30-21-23-18-16-17-20-25(23)34-2/h16-18,20,26,31-32H,3-15,19,21-22H2,1-2H3. The highest BCUT2D eigenvalue weighted by atomic mass is 16.6. The average molecular weight is 488 g/mol. The van der Waals surface area contributed by atoms with Gasteiger partial charge in [0, 0.05) is 5.56 Å². The number of esters is 1. The van der Waals surface area contributed by atoms with Crippen LogP contribution in [0.2, 0.25) is 0 Å². The second-order valence-electron chi connectivity index (χ2n) is 9.40. The summed E-state index contributed by atoms with van der Waals surface area (Å²) in [4.78, 5) is 17.1. The van der Waals surface area contributed by atoms with E-state index in [2.05, 4.69) is 11.9 Å². The first-order valence-corrected chi connectivity index (χ1v) is 13.5. The van der Waals surface area contributed by atoms with Gasteiger partial charge in [0.25, 0.3) is 0 Å². The highest BCUT2D eigenvalue weighted by Crippen LogP contribution is 2.26. The van der Waals surface area contributed by atoms with Crippen LogP contribution in [0.4, 0.5) is 0 Å². The molecule has 6 nitrogen and oxygen atoms in total. The van der Waals surface area contributed by atoms with Crippen molar-refractivity contribution >= 4 is 11.7 Å². The molecule has 0 saturated carbocycles. The number of hydrogen-bond donors (Lipinski definition) is 2. The predicted octanol–water partition coefficient (Wildman–Crippen LogP) is 6.85. The third-order valence-corrected chi connectivity index (χ3v) is 6.62. The lowest BCUT2D eigenvalue weighted by Gasteiger charge is -2.09. The second kappa shape index (κ2) is 17.1. The SMILES string of the molecule is CCCCCCCCCCCCCCCC(=NCc1ccccc1OC)C1=C(O)C(CO)OC1=O. The van der Waals surface area contributed by atoms with Gasteiger partial charge in [-0.05, 0) is 18.9 Å². The van der Waals surface area contributed by atoms with Crippen molar-refractivity contribution in [2.24, 2.45) is 4.99 Å². The van der Waals surface area contributed by atoms with Crippen LogP contribution in [0.25, 0.3) is 0 Å². The number of aliphatic hydroxyl groups is 2. The Morgan fingerprint density at radius 3 is 2.06 bits per heavy atom. The summed E-state index contributed by atoms with van der Waals surface area (Å²) in [5, 5.41) is 19.9. The van der Waals surface area contributed by atoms with Gasteiger partial charge in [-0.3, -0.25) is 4.99 Å². The highest BCUT2D eigenvalue weighted by molar-refractivity contribution is 6.21. The summed E-state index contributed by atoms with van der Waals surface area (Å²) in [6.45, 7) is 2.15. The van der Waals surface area contributed by atoms with Crippen LogP contribution in [0.15, 0.2) is 40.6 Å². The van der Waals surface area contributed by atoms with E-state index in [1.165, 1.54) is 64.2 Å². The van der Waals surface area contributed by atoms with E-state index in [9.17, 15) is 15.0 Å². The fourth-order valence-electron chi connectivity index (χ4n) is 4.51. The smallest absolute Gasteiger partial charge is 0.344 e. The number of para-hydroxylation sites is 1. The molecule has 0 radical (unpaired) electrons. The van der Waals surface area contributed by atoms with E-state index in [1.807, 2.05) is 24.3 Å². The van der Waals surface area contributed by atoms with Crippen molar-refractivity contribution in [2.75, 3.05) is 13.7 Å². The number of aliphatic hydroxyl groups excluding tert-OH is 2. The van der Waals surface area contributed by atoms with Gasteiger partial charge in [0.05, 0.1) is 26.0 Å². The number of carbonyl (C=O) groups excluding carboxylic acids is 1. The average Bonchev–Trinajstić information content (AvgIpc) is 3.16. The number of nitrogens with zero attached hydrogens (tertiary/aromatic N) is 1. The lowest BCUT2D eigenvalue weighted by atomic mass is 10.0. The van der Waals surface area contributed by atoms with E-state index >= 15 is 0 Å². The first-order valence-electron chi connectivity index (χ1n) is 13.5. The molecule has 2 rings (SSSR count). The Hall–Kier alpha value is -2.34. The van der Waals surface area contributed by atoms with E-state index < -0.39 is 18.7 Å². The van der Waals surface area contributed by atoms with Crippen LogP contribution in [0, 0.1) is 0 Å². The summed E-state index contributed by atoms with van der Waals surface area (Å²) in [5.41, 5.74) is 1.55. The number of benzene rings is 1. The van der Waals surface area contributed by atoms with Crippen LogP contribution < -0.4 is 4.74 Å². The van der Waals surface area contributed by atoms with Gasteiger partial charge in [0.2, 0.25) is 0 Å². The van der Waals surface area contributed by atoms with Crippen LogP contribution in [0.3, 0.4) is 0 Å². The zero-order chi connectivity index (χ0) is 25.3. The molecular formula is C29H45NO5. The molecular weight excluding hydrogens is 442 g/mol. The number of methoxy groups -OCH3 is 1. The van der Waals surface area contributed by atoms with E-state index in [1.54, 1.807) is 7.11 Å². The molecule has 1 unspecified atom stereocenters. The molecule has 0 fully saturated rings. The van der Waals surface area contributed by atoms with Crippen molar-refractivity contribution in [3.63, 3.8) is 0 Å². The number of carbonyl (C=O) groups is 1. The third-order valence-electron chi connectivity index (χ3n) is 6.62. The van der Waals surface area contributed by atoms with Crippen molar-refractivity contribution < 1.29 is 24.5 Å². The molecule has 1 aliphatic heterocycles. The molecule has 35 heavy (non-hydrogen) atoms. The Morgan fingerprint density at radius 2 is 1.51 bits per heavy atom. The van der Waals surface area contributed by atoms with Gasteiger partial charge in [0.1, 0.15) is 11.3 Å². The number of unbranched alkanes of at least 4 members (excludes halogenated alkanes) is 12. The Labute approximate surface area is 211 Å².